The van der Waals surface area contributed by atoms with E-state index in [-0.39, 0.29) is 10.8 Å². The fourth-order valence-electron chi connectivity index (χ4n) is 2.85. The molecule has 0 aliphatic heterocycles. The third-order valence-electron chi connectivity index (χ3n) is 4.13. The predicted molar refractivity (Wildman–Crippen MR) is 85.9 cm³/mol. The Morgan fingerprint density at radius 2 is 1.59 bits per heavy atom. The third-order valence-corrected chi connectivity index (χ3v) is 6.63. The SMILES string of the molecule is Cc1ccc([C@@H]2[C@@H](C=O)[C@H]2S(=O)(=O)c2ccc(Cl)cc2)cc1. The average Bonchev–Trinajstić information content (AvgIpc) is 3.24. The number of carbonyl (C=O) groups excluding carboxylic acids is 1. The van der Waals surface area contributed by atoms with E-state index in [2.05, 4.69) is 0 Å². The maximum absolute atomic E-state index is 12.7. The van der Waals surface area contributed by atoms with Crippen LogP contribution in [-0.2, 0) is 14.6 Å². The van der Waals surface area contributed by atoms with Gasteiger partial charge in [-0.25, -0.2) is 8.42 Å². The van der Waals surface area contributed by atoms with Gasteiger partial charge < -0.3 is 4.79 Å². The van der Waals surface area contributed by atoms with Gasteiger partial charge in [0.2, 0.25) is 0 Å². The topological polar surface area (TPSA) is 51.2 Å². The van der Waals surface area contributed by atoms with Crippen LogP contribution in [0.15, 0.2) is 53.4 Å². The van der Waals surface area contributed by atoms with Crippen LogP contribution in [0.25, 0.3) is 0 Å². The van der Waals surface area contributed by atoms with Crippen LogP contribution in [0.3, 0.4) is 0 Å². The molecule has 1 aliphatic carbocycles. The van der Waals surface area contributed by atoms with Gasteiger partial charge in [0.25, 0.3) is 0 Å². The fourth-order valence-corrected chi connectivity index (χ4v) is 5.09. The molecule has 5 heteroatoms. The summed E-state index contributed by atoms with van der Waals surface area (Å²) in [6, 6.07) is 13.7. The molecule has 1 fully saturated rings. The van der Waals surface area contributed by atoms with E-state index >= 15 is 0 Å². The molecule has 0 N–H and O–H groups in total. The molecular formula is C17H15ClO3S. The number of aldehydes is 1. The number of rotatable bonds is 4. The van der Waals surface area contributed by atoms with Gasteiger partial charge in [0.1, 0.15) is 6.29 Å². The minimum absolute atomic E-state index is 0.211. The molecule has 114 valence electrons. The van der Waals surface area contributed by atoms with E-state index in [0.29, 0.717) is 5.02 Å². The molecule has 1 saturated carbocycles. The van der Waals surface area contributed by atoms with Crippen LogP contribution < -0.4 is 0 Å². The highest BCUT2D eigenvalue weighted by Crippen LogP contribution is 2.52. The summed E-state index contributed by atoms with van der Waals surface area (Å²) in [5, 5.41) is -0.203. The molecule has 3 atom stereocenters. The van der Waals surface area contributed by atoms with Gasteiger partial charge >= 0.3 is 0 Å². The minimum atomic E-state index is -3.54. The largest absolute Gasteiger partial charge is 0.303 e. The van der Waals surface area contributed by atoms with Gasteiger partial charge in [-0.2, -0.15) is 0 Å². The quantitative estimate of drug-likeness (QED) is 0.805. The number of carbonyl (C=O) groups is 1. The van der Waals surface area contributed by atoms with Crippen molar-refractivity contribution in [2.75, 3.05) is 0 Å². The Balaban J connectivity index is 1.95. The predicted octanol–water partition coefficient (Wildman–Crippen LogP) is 3.40. The van der Waals surface area contributed by atoms with Gasteiger partial charge in [-0.05, 0) is 36.8 Å². The zero-order valence-corrected chi connectivity index (χ0v) is 13.5. The maximum Gasteiger partial charge on any atom is 0.182 e. The van der Waals surface area contributed by atoms with Crippen molar-refractivity contribution in [1.82, 2.24) is 0 Å². The number of benzene rings is 2. The van der Waals surface area contributed by atoms with Crippen LogP contribution in [-0.4, -0.2) is 20.0 Å². The Kier molecular flexibility index (Phi) is 3.83. The first-order valence-corrected chi connectivity index (χ1v) is 8.89. The van der Waals surface area contributed by atoms with Crippen LogP contribution in [0.5, 0.6) is 0 Å². The zero-order chi connectivity index (χ0) is 15.9. The van der Waals surface area contributed by atoms with E-state index in [0.717, 1.165) is 17.4 Å². The van der Waals surface area contributed by atoms with E-state index in [1.807, 2.05) is 31.2 Å². The molecule has 0 spiro atoms. The summed E-state index contributed by atoms with van der Waals surface area (Å²) in [6.45, 7) is 1.97. The zero-order valence-electron chi connectivity index (χ0n) is 11.9. The lowest BCUT2D eigenvalue weighted by Gasteiger charge is -2.04. The molecule has 1 aliphatic rings. The van der Waals surface area contributed by atoms with Crippen molar-refractivity contribution in [3.05, 3.63) is 64.7 Å². The van der Waals surface area contributed by atoms with Crippen LogP contribution >= 0.6 is 11.6 Å². The molecule has 0 heterocycles. The number of halogens is 1. The van der Waals surface area contributed by atoms with Gasteiger partial charge in [-0.1, -0.05) is 41.4 Å². The summed E-state index contributed by atoms with van der Waals surface area (Å²) in [7, 11) is -3.54. The van der Waals surface area contributed by atoms with Crippen molar-refractivity contribution in [2.45, 2.75) is 23.0 Å². The molecule has 2 aromatic carbocycles. The second-order valence-corrected chi connectivity index (χ2v) is 8.16. The lowest BCUT2D eigenvalue weighted by Crippen LogP contribution is -2.11. The standard InChI is InChI=1S/C17H15ClO3S/c1-11-2-4-12(5-3-11)16-15(10-19)17(16)22(20,21)14-8-6-13(18)7-9-14/h2-10,15-17H,1H3/t15-,16-,17-/m1/s1. The first-order valence-electron chi connectivity index (χ1n) is 6.96. The summed E-state index contributed by atoms with van der Waals surface area (Å²) in [5.74, 6) is -0.748. The average molecular weight is 335 g/mol. The number of hydrogen-bond donors (Lipinski definition) is 0. The van der Waals surface area contributed by atoms with Crippen molar-refractivity contribution in [3.8, 4) is 0 Å². The van der Waals surface area contributed by atoms with Gasteiger partial charge in [0.05, 0.1) is 10.1 Å². The summed E-state index contributed by atoms with van der Waals surface area (Å²) in [5.41, 5.74) is 1.99. The second kappa shape index (κ2) is 5.52. The molecule has 2 aromatic rings. The Bertz CT molecular complexity index is 795. The monoisotopic (exact) mass is 334 g/mol. The molecule has 0 unspecified atom stereocenters. The van der Waals surface area contributed by atoms with Crippen molar-refractivity contribution >= 4 is 27.7 Å². The highest BCUT2D eigenvalue weighted by molar-refractivity contribution is 7.92. The lowest BCUT2D eigenvalue weighted by atomic mass is 10.1. The van der Waals surface area contributed by atoms with Crippen molar-refractivity contribution in [2.24, 2.45) is 5.92 Å². The molecule has 0 bridgehead atoms. The Labute approximate surface area is 134 Å². The molecule has 3 rings (SSSR count). The highest BCUT2D eigenvalue weighted by Gasteiger charge is 2.58. The van der Waals surface area contributed by atoms with E-state index in [1.54, 1.807) is 12.1 Å². The summed E-state index contributed by atoms with van der Waals surface area (Å²) >= 11 is 5.80. The normalized spacial score (nSPS) is 24.0. The first kappa shape index (κ1) is 15.3. The number of hydrogen-bond acceptors (Lipinski definition) is 3. The fraction of sp³-hybridized carbons (Fsp3) is 0.235. The van der Waals surface area contributed by atoms with Crippen LogP contribution in [0.4, 0.5) is 0 Å². The van der Waals surface area contributed by atoms with E-state index < -0.39 is 21.0 Å². The molecular weight excluding hydrogens is 320 g/mol. The number of aryl methyl sites for hydroxylation is 1. The van der Waals surface area contributed by atoms with Crippen LogP contribution in [0.1, 0.15) is 17.0 Å². The first-order chi connectivity index (χ1) is 10.4. The molecule has 0 amide bonds. The van der Waals surface area contributed by atoms with Crippen molar-refractivity contribution < 1.29 is 13.2 Å². The Morgan fingerprint density at radius 1 is 1.00 bits per heavy atom. The number of sulfone groups is 1. The molecule has 0 saturated heterocycles. The van der Waals surface area contributed by atoms with Crippen molar-refractivity contribution in [1.29, 1.82) is 0 Å². The van der Waals surface area contributed by atoms with Gasteiger partial charge in [0.15, 0.2) is 9.84 Å². The van der Waals surface area contributed by atoms with Crippen molar-refractivity contribution in [3.63, 3.8) is 0 Å². The van der Waals surface area contributed by atoms with Crippen LogP contribution in [0.2, 0.25) is 5.02 Å². The second-order valence-electron chi connectivity index (χ2n) is 5.61. The van der Waals surface area contributed by atoms with Crippen LogP contribution in [0, 0.1) is 12.8 Å². The minimum Gasteiger partial charge on any atom is -0.303 e. The third kappa shape index (κ3) is 2.57. The molecule has 22 heavy (non-hydrogen) atoms. The summed E-state index contributed by atoms with van der Waals surface area (Å²) in [6.07, 6.45) is 0.753. The highest BCUT2D eigenvalue weighted by atomic mass is 35.5. The van der Waals surface area contributed by atoms with Gasteiger partial charge in [-0.3, -0.25) is 0 Å². The summed E-state index contributed by atoms with van der Waals surface area (Å²) < 4.78 is 25.4. The molecule has 3 nitrogen and oxygen atoms in total. The van der Waals surface area contributed by atoms with E-state index in [9.17, 15) is 13.2 Å². The molecule has 0 radical (unpaired) electrons. The Morgan fingerprint density at radius 3 is 2.14 bits per heavy atom. The van der Waals surface area contributed by atoms with E-state index in [4.69, 9.17) is 11.6 Å². The molecule has 0 aromatic heterocycles. The van der Waals surface area contributed by atoms with E-state index in [1.165, 1.54) is 12.1 Å². The van der Waals surface area contributed by atoms with Gasteiger partial charge in [-0.15, -0.1) is 0 Å². The smallest absolute Gasteiger partial charge is 0.182 e. The van der Waals surface area contributed by atoms with Gasteiger partial charge in [0, 0.05) is 16.9 Å². The Hall–Kier alpha value is -1.65. The maximum atomic E-state index is 12.7. The summed E-state index contributed by atoms with van der Waals surface area (Å²) in [4.78, 5) is 11.5. The lowest BCUT2D eigenvalue weighted by molar-refractivity contribution is -0.108.